The average Bonchev–Trinajstić information content (AvgIpc) is 2.34. The van der Waals surface area contributed by atoms with E-state index in [0.29, 0.717) is 0 Å². The number of ketones is 1. The maximum atomic E-state index is 13.4. The molecule has 0 spiro atoms. The first-order valence-electron chi connectivity index (χ1n) is 5.40. The van der Waals surface area contributed by atoms with E-state index in [1.54, 1.807) is 0 Å². The molecule has 19 heavy (non-hydrogen) atoms. The zero-order chi connectivity index (χ0) is 14.0. The minimum absolute atomic E-state index is 0.0539. The summed E-state index contributed by atoms with van der Waals surface area (Å²) in [7, 11) is 0. The van der Waals surface area contributed by atoms with Gasteiger partial charge in [-0.1, -0.05) is 23.7 Å². The zero-order valence-corrected chi connectivity index (χ0v) is 10.3. The Kier molecular flexibility index (Phi) is 3.90. The van der Waals surface area contributed by atoms with Crippen LogP contribution < -0.4 is 0 Å². The Labute approximate surface area is 112 Å². The second-order valence-electron chi connectivity index (χ2n) is 3.94. The molecule has 0 N–H and O–H groups in total. The number of hydrogen-bond acceptors (Lipinski definition) is 1. The Morgan fingerprint density at radius 2 is 1.84 bits per heavy atom. The van der Waals surface area contributed by atoms with Gasteiger partial charge in [-0.3, -0.25) is 4.79 Å². The maximum absolute atomic E-state index is 13.4. The van der Waals surface area contributed by atoms with Crippen LogP contribution in [0.15, 0.2) is 36.4 Å². The molecule has 98 valence electrons. The van der Waals surface area contributed by atoms with E-state index in [4.69, 9.17) is 11.6 Å². The molecule has 5 heteroatoms. The van der Waals surface area contributed by atoms with Crippen LogP contribution in [-0.2, 0) is 6.42 Å². The molecule has 0 unspecified atom stereocenters. The minimum atomic E-state index is -1.06. The van der Waals surface area contributed by atoms with Crippen molar-refractivity contribution >= 4 is 17.4 Å². The van der Waals surface area contributed by atoms with Crippen LogP contribution in [0.1, 0.15) is 15.9 Å². The van der Waals surface area contributed by atoms with Gasteiger partial charge in [-0.15, -0.1) is 0 Å². The second-order valence-corrected chi connectivity index (χ2v) is 4.34. The third kappa shape index (κ3) is 2.96. The lowest BCUT2D eigenvalue weighted by Gasteiger charge is -2.05. The van der Waals surface area contributed by atoms with Crippen LogP contribution in [0.2, 0.25) is 5.02 Å². The fourth-order valence-corrected chi connectivity index (χ4v) is 1.94. The number of halogens is 4. The van der Waals surface area contributed by atoms with Gasteiger partial charge in [0.15, 0.2) is 17.4 Å². The normalized spacial score (nSPS) is 10.5. The molecular formula is C14H8ClF3O. The number of rotatable bonds is 3. The number of carbonyl (C=O) groups is 1. The smallest absolute Gasteiger partial charge is 0.168 e. The van der Waals surface area contributed by atoms with Crippen molar-refractivity contribution in [3.8, 4) is 0 Å². The van der Waals surface area contributed by atoms with E-state index in [0.717, 1.165) is 18.2 Å². The summed E-state index contributed by atoms with van der Waals surface area (Å²) < 4.78 is 39.3. The fourth-order valence-electron chi connectivity index (χ4n) is 1.67. The number of carbonyl (C=O) groups excluding carboxylic acids is 1. The van der Waals surface area contributed by atoms with Crippen LogP contribution in [0.4, 0.5) is 13.2 Å². The fraction of sp³-hybridized carbons (Fsp3) is 0.0714. The van der Waals surface area contributed by atoms with E-state index < -0.39 is 23.2 Å². The highest BCUT2D eigenvalue weighted by Gasteiger charge is 2.15. The van der Waals surface area contributed by atoms with Crippen LogP contribution >= 0.6 is 11.6 Å². The molecule has 0 atom stereocenters. The summed E-state index contributed by atoms with van der Waals surface area (Å²) >= 11 is 5.73. The molecule has 0 fully saturated rings. The monoisotopic (exact) mass is 284 g/mol. The van der Waals surface area contributed by atoms with Gasteiger partial charge < -0.3 is 0 Å². The van der Waals surface area contributed by atoms with E-state index in [2.05, 4.69) is 0 Å². The van der Waals surface area contributed by atoms with E-state index in [1.165, 1.54) is 18.2 Å². The van der Waals surface area contributed by atoms with Crippen molar-refractivity contribution in [2.75, 3.05) is 0 Å². The van der Waals surface area contributed by atoms with Gasteiger partial charge in [0, 0.05) is 12.0 Å². The molecule has 0 aliphatic rings. The molecule has 0 saturated heterocycles. The summed E-state index contributed by atoms with van der Waals surface area (Å²) in [6.07, 6.45) is -0.338. The van der Waals surface area contributed by atoms with Gasteiger partial charge in [0.2, 0.25) is 0 Å². The number of Topliss-reactive ketones (excluding diaryl/α,β-unsaturated/α-hetero) is 1. The topological polar surface area (TPSA) is 17.1 Å². The predicted molar refractivity (Wildman–Crippen MR) is 65.8 cm³/mol. The minimum Gasteiger partial charge on any atom is -0.294 e. The molecule has 0 radical (unpaired) electrons. The lowest BCUT2D eigenvalue weighted by atomic mass is 10.0. The Morgan fingerprint density at radius 3 is 2.53 bits per heavy atom. The molecule has 1 nitrogen and oxygen atoms in total. The Bertz CT molecular complexity index is 641. The number of hydrogen-bond donors (Lipinski definition) is 0. The molecule has 0 bridgehead atoms. The van der Waals surface area contributed by atoms with Crippen LogP contribution in [-0.4, -0.2) is 5.78 Å². The molecular weight excluding hydrogens is 277 g/mol. The summed E-state index contributed by atoms with van der Waals surface area (Å²) in [6.45, 7) is 0. The Morgan fingerprint density at radius 1 is 1.11 bits per heavy atom. The van der Waals surface area contributed by atoms with Crippen molar-refractivity contribution in [1.82, 2.24) is 0 Å². The third-order valence-corrected chi connectivity index (χ3v) is 2.93. The molecule has 0 heterocycles. The maximum Gasteiger partial charge on any atom is 0.168 e. The summed E-state index contributed by atoms with van der Waals surface area (Å²) in [5.41, 5.74) is 0.0112. The van der Waals surface area contributed by atoms with Gasteiger partial charge in [-0.25, -0.2) is 13.2 Å². The molecule has 0 aliphatic heterocycles. The summed E-state index contributed by atoms with van der Waals surface area (Å²) in [4.78, 5) is 11.9. The first-order valence-corrected chi connectivity index (χ1v) is 5.78. The Balaban J connectivity index is 2.28. The predicted octanol–water partition coefficient (Wildman–Crippen LogP) is 4.18. The molecule has 0 amide bonds. The lowest BCUT2D eigenvalue weighted by Crippen LogP contribution is -2.07. The molecule has 2 aromatic rings. The quantitative estimate of drug-likeness (QED) is 0.773. The van der Waals surface area contributed by atoms with Crippen molar-refractivity contribution in [3.05, 3.63) is 70.0 Å². The van der Waals surface area contributed by atoms with Gasteiger partial charge in [0.05, 0.1) is 5.02 Å². The van der Waals surface area contributed by atoms with Gasteiger partial charge in [-0.2, -0.15) is 0 Å². The van der Waals surface area contributed by atoms with Gasteiger partial charge in [0.25, 0.3) is 0 Å². The summed E-state index contributed by atoms with van der Waals surface area (Å²) in [5, 5.41) is -0.0539. The second kappa shape index (κ2) is 5.45. The first kappa shape index (κ1) is 13.6. The van der Waals surface area contributed by atoms with Crippen molar-refractivity contribution in [2.24, 2.45) is 0 Å². The highest BCUT2D eigenvalue weighted by atomic mass is 35.5. The van der Waals surface area contributed by atoms with Crippen LogP contribution in [0.5, 0.6) is 0 Å². The molecule has 2 rings (SSSR count). The highest BCUT2D eigenvalue weighted by molar-refractivity contribution is 6.34. The molecule has 0 aromatic heterocycles. The van der Waals surface area contributed by atoms with E-state index in [-0.39, 0.29) is 22.6 Å². The Hall–Kier alpha value is -1.81. The molecule has 0 aliphatic carbocycles. The van der Waals surface area contributed by atoms with E-state index in [1.807, 2.05) is 0 Å². The van der Waals surface area contributed by atoms with Crippen LogP contribution in [0.3, 0.4) is 0 Å². The van der Waals surface area contributed by atoms with Crippen LogP contribution in [0.25, 0.3) is 0 Å². The summed E-state index contributed by atoms with van der Waals surface area (Å²) in [6, 6.07) is 6.89. The van der Waals surface area contributed by atoms with Crippen molar-refractivity contribution < 1.29 is 18.0 Å². The van der Waals surface area contributed by atoms with E-state index in [9.17, 15) is 18.0 Å². The van der Waals surface area contributed by atoms with Gasteiger partial charge in [-0.05, 0) is 29.8 Å². The average molecular weight is 285 g/mol. The van der Waals surface area contributed by atoms with Crippen LogP contribution in [0, 0.1) is 17.5 Å². The molecule has 2 aromatic carbocycles. The number of benzene rings is 2. The largest absolute Gasteiger partial charge is 0.294 e. The van der Waals surface area contributed by atoms with Crippen molar-refractivity contribution in [3.63, 3.8) is 0 Å². The van der Waals surface area contributed by atoms with Crippen molar-refractivity contribution in [1.29, 1.82) is 0 Å². The highest BCUT2D eigenvalue weighted by Crippen LogP contribution is 2.20. The first-order chi connectivity index (χ1) is 8.99. The van der Waals surface area contributed by atoms with Gasteiger partial charge >= 0.3 is 0 Å². The van der Waals surface area contributed by atoms with Gasteiger partial charge in [0.1, 0.15) is 5.82 Å². The SMILES string of the molecule is O=C(Cc1cccc(F)c1F)c1ccc(F)cc1Cl. The summed E-state index contributed by atoms with van der Waals surface area (Å²) in [5.74, 6) is -3.16. The van der Waals surface area contributed by atoms with E-state index >= 15 is 0 Å². The van der Waals surface area contributed by atoms with Crippen molar-refractivity contribution in [2.45, 2.75) is 6.42 Å². The lowest BCUT2D eigenvalue weighted by molar-refractivity contribution is 0.0992. The molecule has 0 saturated carbocycles. The zero-order valence-electron chi connectivity index (χ0n) is 9.59. The standard InChI is InChI=1S/C14H8ClF3O/c15-11-7-9(16)4-5-10(11)13(19)6-8-2-1-3-12(17)14(8)18/h1-5,7H,6H2. The third-order valence-electron chi connectivity index (χ3n) is 2.61.